The Hall–Kier alpha value is -3.94. The second kappa shape index (κ2) is 6.59. The van der Waals surface area contributed by atoms with Crippen molar-refractivity contribution in [3.05, 3.63) is 93.8 Å². The fourth-order valence-corrected chi connectivity index (χ4v) is 3.58. The Morgan fingerprint density at radius 3 is 2.48 bits per heavy atom. The maximum absolute atomic E-state index is 12.8. The highest BCUT2D eigenvalue weighted by Crippen LogP contribution is 2.31. The van der Waals surface area contributed by atoms with Gasteiger partial charge in [-0.25, -0.2) is 9.78 Å². The molecule has 0 fully saturated rings. The Balaban J connectivity index is 1.54. The summed E-state index contributed by atoms with van der Waals surface area (Å²) >= 11 is 0. The molecule has 1 aliphatic rings. The molecule has 1 aliphatic heterocycles. The number of rotatable bonds is 3. The topological polar surface area (TPSA) is 88.8 Å². The maximum atomic E-state index is 12.8. The molecule has 0 spiro atoms. The van der Waals surface area contributed by atoms with Crippen LogP contribution < -0.4 is 5.56 Å². The van der Waals surface area contributed by atoms with Gasteiger partial charge in [-0.2, -0.15) is 10.2 Å². The summed E-state index contributed by atoms with van der Waals surface area (Å²) in [6.45, 7) is 2.87. The van der Waals surface area contributed by atoms with Crippen LogP contribution in [0.5, 0.6) is 0 Å². The number of hydrogen-bond donors (Lipinski definition) is 1. The van der Waals surface area contributed by atoms with Crippen LogP contribution in [0.4, 0.5) is 0 Å². The first-order valence-electron chi connectivity index (χ1n) is 9.26. The van der Waals surface area contributed by atoms with Crippen molar-refractivity contribution in [2.45, 2.75) is 20.0 Å². The average molecular weight is 386 g/mol. The summed E-state index contributed by atoms with van der Waals surface area (Å²) in [5, 5.41) is 11.0. The molecule has 8 nitrogen and oxygen atoms in total. The predicted octanol–water partition coefficient (Wildman–Crippen LogP) is 2.21. The van der Waals surface area contributed by atoms with Crippen molar-refractivity contribution in [2.24, 2.45) is 0 Å². The molecule has 0 saturated heterocycles. The van der Waals surface area contributed by atoms with Gasteiger partial charge in [-0.1, -0.05) is 17.7 Å². The van der Waals surface area contributed by atoms with Gasteiger partial charge >= 0.3 is 0 Å². The van der Waals surface area contributed by atoms with E-state index in [0.717, 1.165) is 22.8 Å². The first-order chi connectivity index (χ1) is 14.1. The van der Waals surface area contributed by atoms with E-state index in [-0.39, 0.29) is 17.2 Å². The van der Waals surface area contributed by atoms with Gasteiger partial charge in [0.15, 0.2) is 0 Å². The van der Waals surface area contributed by atoms with E-state index in [1.165, 1.54) is 17.7 Å². The Bertz CT molecular complexity index is 1230. The van der Waals surface area contributed by atoms with E-state index in [2.05, 4.69) is 22.3 Å². The van der Waals surface area contributed by atoms with Gasteiger partial charge in [0, 0.05) is 24.0 Å². The van der Waals surface area contributed by atoms with Gasteiger partial charge in [0.05, 0.1) is 24.5 Å². The molecular formula is C21H18N6O2. The fraction of sp³-hybridized carbons (Fsp3) is 0.143. The van der Waals surface area contributed by atoms with Crippen LogP contribution in [0.1, 0.15) is 27.3 Å². The van der Waals surface area contributed by atoms with Crippen LogP contribution in [0.2, 0.25) is 0 Å². The lowest BCUT2D eigenvalue weighted by Gasteiger charge is -2.17. The van der Waals surface area contributed by atoms with Gasteiger partial charge in [-0.3, -0.25) is 9.59 Å². The van der Waals surface area contributed by atoms with E-state index in [4.69, 9.17) is 5.10 Å². The Kier molecular flexibility index (Phi) is 3.90. The van der Waals surface area contributed by atoms with Crippen molar-refractivity contribution in [2.75, 3.05) is 0 Å². The van der Waals surface area contributed by atoms with Gasteiger partial charge in [-0.15, -0.1) is 0 Å². The minimum atomic E-state index is -0.337. The Morgan fingerprint density at radius 2 is 1.79 bits per heavy atom. The number of aromatic amines is 1. The van der Waals surface area contributed by atoms with Gasteiger partial charge in [0.2, 0.25) is 0 Å². The molecule has 8 heteroatoms. The lowest BCUT2D eigenvalue weighted by molar-refractivity contribution is 0.0742. The van der Waals surface area contributed by atoms with E-state index >= 15 is 0 Å². The third kappa shape index (κ3) is 2.94. The molecule has 0 saturated carbocycles. The molecule has 4 aromatic rings. The van der Waals surface area contributed by atoms with Crippen molar-refractivity contribution in [1.82, 2.24) is 29.4 Å². The summed E-state index contributed by atoms with van der Waals surface area (Å²) < 4.78 is 3.93. The zero-order valence-corrected chi connectivity index (χ0v) is 15.7. The molecule has 0 atom stereocenters. The summed E-state index contributed by atoms with van der Waals surface area (Å²) in [6.07, 6.45) is 3.94. The van der Waals surface area contributed by atoms with Gasteiger partial charge in [-0.05, 0) is 37.3 Å². The fourth-order valence-electron chi connectivity index (χ4n) is 3.58. The SMILES string of the molecule is Cc1ccc(-n2nc3c(c2-n2cccc2)CN(C(=O)c2ccc(=O)[nH]n2)C3)cc1. The molecule has 4 heterocycles. The summed E-state index contributed by atoms with van der Waals surface area (Å²) in [4.78, 5) is 25.7. The van der Waals surface area contributed by atoms with E-state index < -0.39 is 0 Å². The third-order valence-corrected chi connectivity index (χ3v) is 5.04. The van der Waals surface area contributed by atoms with E-state index in [9.17, 15) is 9.59 Å². The highest BCUT2D eigenvalue weighted by atomic mass is 16.2. The molecule has 144 valence electrons. The van der Waals surface area contributed by atoms with E-state index in [1.54, 1.807) is 4.90 Å². The average Bonchev–Trinajstić information content (AvgIpc) is 3.44. The quantitative estimate of drug-likeness (QED) is 0.585. The van der Waals surface area contributed by atoms with Gasteiger partial charge in [0.25, 0.3) is 11.5 Å². The zero-order valence-electron chi connectivity index (χ0n) is 15.7. The number of fused-ring (bicyclic) bond motifs is 1. The maximum Gasteiger partial charge on any atom is 0.274 e. The van der Waals surface area contributed by atoms with Crippen molar-refractivity contribution in [3.63, 3.8) is 0 Å². The van der Waals surface area contributed by atoms with Crippen molar-refractivity contribution in [3.8, 4) is 11.5 Å². The molecule has 0 aliphatic carbocycles. The number of aryl methyl sites for hydroxylation is 1. The zero-order chi connectivity index (χ0) is 20.0. The molecular weight excluding hydrogens is 368 g/mol. The number of aromatic nitrogens is 5. The Labute approximate surface area is 166 Å². The van der Waals surface area contributed by atoms with Crippen LogP contribution in [0, 0.1) is 6.92 Å². The molecule has 1 aromatic carbocycles. The minimum absolute atomic E-state index is 0.212. The number of nitrogens with one attached hydrogen (secondary N) is 1. The number of carbonyl (C=O) groups is 1. The normalized spacial score (nSPS) is 12.9. The minimum Gasteiger partial charge on any atom is -0.327 e. The number of carbonyl (C=O) groups excluding carboxylic acids is 1. The summed E-state index contributed by atoms with van der Waals surface area (Å²) in [5.74, 6) is 0.679. The lowest BCUT2D eigenvalue weighted by atomic mass is 10.2. The molecule has 0 unspecified atom stereocenters. The van der Waals surface area contributed by atoms with E-state index in [0.29, 0.717) is 13.1 Å². The van der Waals surface area contributed by atoms with Crippen LogP contribution in [-0.2, 0) is 13.1 Å². The number of H-pyrrole nitrogens is 1. The van der Waals surface area contributed by atoms with Crippen molar-refractivity contribution in [1.29, 1.82) is 0 Å². The highest BCUT2D eigenvalue weighted by molar-refractivity contribution is 5.92. The first-order valence-corrected chi connectivity index (χ1v) is 9.26. The number of hydrogen-bond acceptors (Lipinski definition) is 4. The highest BCUT2D eigenvalue weighted by Gasteiger charge is 2.32. The second-order valence-corrected chi connectivity index (χ2v) is 7.05. The lowest BCUT2D eigenvalue weighted by Crippen LogP contribution is -2.28. The predicted molar refractivity (Wildman–Crippen MR) is 106 cm³/mol. The largest absolute Gasteiger partial charge is 0.327 e. The summed E-state index contributed by atoms with van der Waals surface area (Å²) in [5.41, 5.74) is 3.88. The second-order valence-electron chi connectivity index (χ2n) is 7.05. The smallest absolute Gasteiger partial charge is 0.274 e. The first kappa shape index (κ1) is 17.2. The van der Waals surface area contributed by atoms with Crippen LogP contribution in [0.3, 0.4) is 0 Å². The standard InChI is InChI=1S/C21H18N6O2/c1-14-4-6-15(7-5-14)27-20(25-10-2-3-11-25)16-12-26(13-18(16)24-27)21(29)17-8-9-19(28)23-22-17/h2-11H,12-13H2,1H3,(H,23,28). The molecule has 1 amide bonds. The van der Waals surface area contributed by atoms with Crippen molar-refractivity contribution < 1.29 is 4.79 Å². The van der Waals surface area contributed by atoms with Crippen LogP contribution in [-0.4, -0.2) is 35.4 Å². The molecule has 5 rings (SSSR count). The number of nitrogens with zero attached hydrogens (tertiary/aromatic N) is 5. The van der Waals surface area contributed by atoms with Crippen LogP contribution in [0.15, 0.2) is 65.7 Å². The van der Waals surface area contributed by atoms with Crippen LogP contribution >= 0.6 is 0 Å². The van der Waals surface area contributed by atoms with Crippen LogP contribution in [0.25, 0.3) is 11.5 Å². The summed E-state index contributed by atoms with van der Waals surface area (Å²) in [7, 11) is 0. The molecule has 1 N–H and O–H groups in total. The third-order valence-electron chi connectivity index (χ3n) is 5.04. The van der Waals surface area contributed by atoms with Crippen molar-refractivity contribution >= 4 is 5.91 Å². The van der Waals surface area contributed by atoms with Gasteiger partial charge < -0.3 is 9.47 Å². The Morgan fingerprint density at radius 1 is 1.03 bits per heavy atom. The monoisotopic (exact) mass is 386 g/mol. The molecule has 3 aromatic heterocycles. The van der Waals surface area contributed by atoms with E-state index in [1.807, 2.05) is 52.8 Å². The molecule has 0 bridgehead atoms. The molecule has 0 radical (unpaired) electrons. The number of amides is 1. The van der Waals surface area contributed by atoms with Gasteiger partial charge in [0.1, 0.15) is 11.5 Å². The number of benzene rings is 1. The summed E-state index contributed by atoms with van der Waals surface area (Å²) in [6, 6.07) is 14.9. The molecule has 29 heavy (non-hydrogen) atoms.